The molecule has 6 heteroatoms. The molecule has 0 amide bonds. The molecule has 0 aliphatic carbocycles. The third-order valence-electron chi connectivity index (χ3n) is 1.59. The number of nitrogens with zero attached hydrogens (tertiary/aromatic N) is 1. The maximum atomic E-state index is 12.2. The number of alkyl halides is 3. The standard InChI is InChI=1S/C8H3ClF3NS/c9-4-1-2-5-6(3-4)14-7(13-5)8(10,11)12/h1-3H. The molecule has 1 nitrogen and oxygen atoms in total. The zero-order chi connectivity index (χ0) is 10.3. The number of aromatic nitrogens is 1. The fraction of sp³-hybridized carbons (Fsp3) is 0.125. The molecule has 0 saturated heterocycles. The molecule has 0 radical (unpaired) electrons. The average Bonchev–Trinajstić information content (AvgIpc) is 2.45. The number of hydrogen-bond donors (Lipinski definition) is 0. The van der Waals surface area contributed by atoms with Crippen LogP contribution >= 0.6 is 22.9 Å². The highest BCUT2D eigenvalue weighted by Gasteiger charge is 2.34. The van der Waals surface area contributed by atoms with E-state index in [-0.39, 0.29) is 0 Å². The van der Waals surface area contributed by atoms with Crippen molar-refractivity contribution in [2.45, 2.75) is 6.18 Å². The van der Waals surface area contributed by atoms with Crippen LogP contribution in [-0.2, 0) is 6.18 Å². The lowest BCUT2D eigenvalue weighted by atomic mass is 10.3. The van der Waals surface area contributed by atoms with E-state index < -0.39 is 11.2 Å². The van der Waals surface area contributed by atoms with Crippen LogP contribution < -0.4 is 0 Å². The molecule has 2 aromatic rings. The first-order chi connectivity index (χ1) is 6.47. The van der Waals surface area contributed by atoms with Gasteiger partial charge in [0.2, 0.25) is 0 Å². The third kappa shape index (κ3) is 1.69. The molecule has 0 bridgehead atoms. The van der Waals surface area contributed by atoms with Crippen LogP contribution in [0.5, 0.6) is 0 Å². The van der Waals surface area contributed by atoms with E-state index in [2.05, 4.69) is 4.98 Å². The largest absolute Gasteiger partial charge is 0.443 e. The SMILES string of the molecule is FC(F)(F)c1nc2ccc(Cl)cc2s1. The molecule has 1 aromatic carbocycles. The maximum Gasteiger partial charge on any atom is 0.443 e. The second-order valence-corrected chi connectivity index (χ2v) is 4.10. The Hall–Kier alpha value is -0.810. The van der Waals surface area contributed by atoms with Crippen molar-refractivity contribution in [2.75, 3.05) is 0 Å². The summed E-state index contributed by atoms with van der Waals surface area (Å²) in [6.45, 7) is 0. The molecule has 0 N–H and O–H groups in total. The van der Waals surface area contributed by atoms with Gasteiger partial charge in [0.15, 0.2) is 5.01 Å². The van der Waals surface area contributed by atoms with Crippen LogP contribution in [-0.4, -0.2) is 4.98 Å². The van der Waals surface area contributed by atoms with Crippen molar-refractivity contribution >= 4 is 33.2 Å². The Morgan fingerprint density at radius 2 is 2.00 bits per heavy atom. The van der Waals surface area contributed by atoms with E-state index in [1.807, 2.05) is 0 Å². The summed E-state index contributed by atoms with van der Waals surface area (Å²) in [6.07, 6.45) is -4.38. The Morgan fingerprint density at radius 1 is 1.29 bits per heavy atom. The average molecular weight is 238 g/mol. The fourth-order valence-corrected chi connectivity index (χ4v) is 2.13. The minimum atomic E-state index is -4.38. The highest BCUT2D eigenvalue weighted by molar-refractivity contribution is 7.18. The van der Waals surface area contributed by atoms with Crippen LogP contribution in [0, 0.1) is 0 Å². The van der Waals surface area contributed by atoms with Crippen LogP contribution in [0.2, 0.25) is 5.02 Å². The Labute approximate surface area is 86.1 Å². The van der Waals surface area contributed by atoms with Gasteiger partial charge in [0.1, 0.15) is 0 Å². The van der Waals surface area contributed by atoms with Crippen molar-refractivity contribution in [2.24, 2.45) is 0 Å². The van der Waals surface area contributed by atoms with Crippen LogP contribution in [0.1, 0.15) is 5.01 Å². The molecular formula is C8H3ClF3NS. The van der Waals surface area contributed by atoms with Crippen molar-refractivity contribution in [3.05, 3.63) is 28.2 Å². The number of hydrogen-bond acceptors (Lipinski definition) is 2. The lowest BCUT2D eigenvalue weighted by Gasteiger charge is -1.98. The minimum absolute atomic E-state index is 0.326. The van der Waals surface area contributed by atoms with E-state index in [1.165, 1.54) is 18.2 Å². The lowest BCUT2D eigenvalue weighted by molar-refractivity contribution is -0.137. The number of benzene rings is 1. The smallest absolute Gasteiger partial charge is 0.232 e. The predicted octanol–water partition coefficient (Wildman–Crippen LogP) is 3.97. The molecule has 14 heavy (non-hydrogen) atoms. The van der Waals surface area contributed by atoms with Crippen molar-refractivity contribution in [3.63, 3.8) is 0 Å². The Bertz CT molecular complexity index is 477. The van der Waals surface area contributed by atoms with Gasteiger partial charge in [0.05, 0.1) is 10.2 Å². The van der Waals surface area contributed by atoms with Gasteiger partial charge in [-0.3, -0.25) is 0 Å². The molecule has 0 fully saturated rings. The van der Waals surface area contributed by atoms with Gasteiger partial charge < -0.3 is 0 Å². The van der Waals surface area contributed by atoms with Gasteiger partial charge in [-0.15, -0.1) is 11.3 Å². The Kier molecular flexibility index (Phi) is 2.16. The first-order valence-electron chi connectivity index (χ1n) is 3.60. The quantitative estimate of drug-likeness (QED) is 0.676. The second-order valence-electron chi connectivity index (χ2n) is 2.63. The summed E-state index contributed by atoms with van der Waals surface area (Å²) in [7, 11) is 0. The fourth-order valence-electron chi connectivity index (χ4n) is 1.02. The highest BCUT2D eigenvalue weighted by atomic mass is 35.5. The monoisotopic (exact) mass is 237 g/mol. The van der Waals surface area contributed by atoms with Crippen molar-refractivity contribution in [1.82, 2.24) is 4.98 Å². The van der Waals surface area contributed by atoms with Crippen molar-refractivity contribution < 1.29 is 13.2 Å². The van der Waals surface area contributed by atoms with Gasteiger partial charge in [-0.25, -0.2) is 4.98 Å². The summed E-state index contributed by atoms with van der Waals surface area (Å²) in [4.78, 5) is 3.46. The van der Waals surface area contributed by atoms with E-state index in [0.29, 0.717) is 26.6 Å². The van der Waals surface area contributed by atoms with E-state index in [1.54, 1.807) is 0 Å². The zero-order valence-electron chi connectivity index (χ0n) is 6.60. The van der Waals surface area contributed by atoms with Gasteiger partial charge in [0.25, 0.3) is 0 Å². The summed E-state index contributed by atoms with van der Waals surface area (Å²) in [5.41, 5.74) is 0.326. The predicted molar refractivity (Wildman–Crippen MR) is 49.6 cm³/mol. The van der Waals surface area contributed by atoms with Crippen LogP contribution in [0.25, 0.3) is 10.2 Å². The first kappa shape index (κ1) is 9.73. The molecule has 0 aliphatic heterocycles. The number of rotatable bonds is 0. The molecule has 74 valence electrons. The van der Waals surface area contributed by atoms with Crippen molar-refractivity contribution in [1.29, 1.82) is 0 Å². The molecular weight excluding hydrogens is 235 g/mol. The molecule has 1 aromatic heterocycles. The zero-order valence-corrected chi connectivity index (χ0v) is 8.17. The number of halogens is 4. The Balaban J connectivity index is 2.63. The summed E-state index contributed by atoms with van der Waals surface area (Å²) in [6, 6.07) is 4.47. The highest BCUT2D eigenvalue weighted by Crippen LogP contribution is 2.35. The summed E-state index contributed by atoms with van der Waals surface area (Å²) < 4.78 is 37.2. The van der Waals surface area contributed by atoms with Gasteiger partial charge in [-0.2, -0.15) is 13.2 Å². The van der Waals surface area contributed by atoms with E-state index >= 15 is 0 Å². The lowest BCUT2D eigenvalue weighted by Crippen LogP contribution is -2.03. The molecule has 0 aliphatic rings. The number of fused-ring (bicyclic) bond motifs is 1. The van der Waals surface area contributed by atoms with Gasteiger partial charge in [0, 0.05) is 5.02 Å². The first-order valence-corrected chi connectivity index (χ1v) is 4.79. The molecule has 0 spiro atoms. The summed E-state index contributed by atoms with van der Waals surface area (Å²) in [5, 5.41) is -0.426. The van der Waals surface area contributed by atoms with Crippen LogP contribution in [0.4, 0.5) is 13.2 Å². The van der Waals surface area contributed by atoms with Crippen LogP contribution in [0.3, 0.4) is 0 Å². The normalized spacial score (nSPS) is 12.3. The summed E-state index contributed by atoms with van der Waals surface area (Å²) in [5.74, 6) is 0. The summed E-state index contributed by atoms with van der Waals surface area (Å²) >= 11 is 6.24. The topological polar surface area (TPSA) is 12.9 Å². The van der Waals surface area contributed by atoms with Gasteiger partial charge in [-0.05, 0) is 18.2 Å². The second kappa shape index (κ2) is 3.10. The molecule has 1 heterocycles. The van der Waals surface area contributed by atoms with E-state index in [0.717, 1.165) is 0 Å². The van der Waals surface area contributed by atoms with E-state index in [4.69, 9.17) is 11.6 Å². The molecule has 0 atom stereocenters. The van der Waals surface area contributed by atoms with Gasteiger partial charge in [-0.1, -0.05) is 11.6 Å². The van der Waals surface area contributed by atoms with Crippen molar-refractivity contribution in [3.8, 4) is 0 Å². The van der Waals surface area contributed by atoms with Crippen LogP contribution in [0.15, 0.2) is 18.2 Å². The van der Waals surface area contributed by atoms with Gasteiger partial charge >= 0.3 is 6.18 Å². The molecule has 0 unspecified atom stereocenters. The minimum Gasteiger partial charge on any atom is -0.232 e. The number of thiazole rings is 1. The van der Waals surface area contributed by atoms with E-state index in [9.17, 15) is 13.2 Å². The maximum absolute atomic E-state index is 12.2. The molecule has 0 saturated carbocycles. The Morgan fingerprint density at radius 3 is 2.64 bits per heavy atom. The molecule has 2 rings (SSSR count). The third-order valence-corrected chi connectivity index (χ3v) is 2.89.